The van der Waals surface area contributed by atoms with E-state index in [-0.39, 0.29) is 24.2 Å². The Hall–Kier alpha value is -1.94. The van der Waals surface area contributed by atoms with E-state index in [0.29, 0.717) is 16.8 Å². The van der Waals surface area contributed by atoms with Crippen LogP contribution in [-0.2, 0) is 16.6 Å². The molecule has 1 saturated heterocycles. The second kappa shape index (κ2) is 6.75. The molecule has 0 spiro atoms. The summed E-state index contributed by atoms with van der Waals surface area (Å²) >= 11 is 0. The van der Waals surface area contributed by atoms with E-state index in [0.717, 1.165) is 5.39 Å². The van der Waals surface area contributed by atoms with Crippen molar-refractivity contribution in [1.29, 1.82) is 0 Å². The number of hydrazine groups is 1. The Morgan fingerprint density at radius 3 is 2.48 bits per heavy atom. The van der Waals surface area contributed by atoms with Crippen LogP contribution < -0.4 is 25.9 Å². The Labute approximate surface area is 146 Å². The summed E-state index contributed by atoms with van der Waals surface area (Å²) < 4.78 is 32.9. The molecule has 136 valence electrons. The second-order valence-corrected chi connectivity index (χ2v) is 8.20. The van der Waals surface area contributed by atoms with E-state index in [1.54, 1.807) is 45.2 Å². The molecular weight excluding hydrogens is 344 g/mol. The number of fused-ring (bicyclic) bond motifs is 1. The predicted molar refractivity (Wildman–Crippen MR) is 95.9 cm³/mol. The van der Waals surface area contributed by atoms with Crippen LogP contribution in [0.2, 0.25) is 0 Å². The zero-order valence-corrected chi connectivity index (χ0v) is 15.1. The van der Waals surface area contributed by atoms with Crippen molar-refractivity contribution in [2.24, 2.45) is 0 Å². The van der Waals surface area contributed by atoms with Crippen molar-refractivity contribution >= 4 is 20.9 Å². The molecule has 2 atom stereocenters. The monoisotopic (exact) mass is 366 g/mol. The molecule has 2 aromatic rings. The van der Waals surface area contributed by atoms with E-state index < -0.39 is 15.3 Å². The van der Waals surface area contributed by atoms with Gasteiger partial charge in [-0.3, -0.25) is 15.6 Å². The highest BCUT2D eigenvalue weighted by Crippen LogP contribution is 2.19. The third kappa shape index (κ3) is 3.54. The molecule has 9 heteroatoms. The van der Waals surface area contributed by atoms with Gasteiger partial charge in [-0.2, -0.15) is 0 Å². The zero-order valence-electron chi connectivity index (χ0n) is 14.3. The molecular formula is C16H22N4O4S. The van der Waals surface area contributed by atoms with Gasteiger partial charge in [0.15, 0.2) is 0 Å². The smallest absolute Gasteiger partial charge is 0.252 e. The third-order valence-electron chi connectivity index (χ3n) is 4.47. The topological polar surface area (TPSA) is 112 Å². The molecule has 0 bridgehead atoms. The quantitative estimate of drug-likeness (QED) is 0.602. The molecule has 1 aliphatic heterocycles. The van der Waals surface area contributed by atoms with Crippen molar-refractivity contribution in [1.82, 2.24) is 20.6 Å². The summed E-state index contributed by atoms with van der Waals surface area (Å²) in [7, 11) is -2.03. The number of pyridine rings is 1. The van der Waals surface area contributed by atoms with Gasteiger partial charge in [-0.1, -0.05) is 0 Å². The van der Waals surface area contributed by atoms with Crippen molar-refractivity contribution < 1.29 is 13.2 Å². The first-order valence-corrected chi connectivity index (χ1v) is 9.56. The molecule has 1 aromatic heterocycles. The molecule has 8 nitrogen and oxygen atoms in total. The van der Waals surface area contributed by atoms with Gasteiger partial charge in [0.2, 0.25) is 10.0 Å². The van der Waals surface area contributed by atoms with Gasteiger partial charge < -0.3 is 9.72 Å². The number of benzene rings is 1. The molecule has 2 unspecified atom stereocenters. The number of aromatic amines is 1. The first-order valence-electron chi connectivity index (χ1n) is 8.01. The molecule has 1 fully saturated rings. The maximum atomic E-state index is 12.6. The first-order chi connectivity index (χ1) is 11.8. The van der Waals surface area contributed by atoms with Crippen LogP contribution in [0.5, 0.6) is 5.75 Å². The summed E-state index contributed by atoms with van der Waals surface area (Å²) in [4.78, 5) is 15.0. The van der Waals surface area contributed by atoms with Gasteiger partial charge in [-0.25, -0.2) is 13.1 Å². The Morgan fingerprint density at radius 2 is 1.84 bits per heavy atom. The van der Waals surface area contributed by atoms with Crippen LogP contribution >= 0.6 is 0 Å². The number of nitrogens with one attached hydrogen (secondary N) is 4. The van der Waals surface area contributed by atoms with Crippen LogP contribution in [0.1, 0.15) is 19.4 Å². The summed E-state index contributed by atoms with van der Waals surface area (Å²) in [6, 6.07) is 6.51. The van der Waals surface area contributed by atoms with Crippen molar-refractivity contribution in [3.05, 3.63) is 40.2 Å². The first kappa shape index (κ1) is 17.9. The van der Waals surface area contributed by atoms with Gasteiger partial charge in [0.1, 0.15) is 11.0 Å². The summed E-state index contributed by atoms with van der Waals surface area (Å²) in [5, 5.41) is 0.159. The molecule has 25 heavy (non-hydrogen) atoms. The van der Waals surface area contributed by atoms with Crippen molar-refractivity contribution in [3.8, 4) is 5.75 Å². The maximum absolute atomic E-state index is 12.6. The Balaban J connectivity index is 1.85. The maximum Gasteiger partial charge on any atom is 0.252 e. The number of hydrogen-bond acceptors (Lipinski definition) is 6. The SMILES string of the molecule is COc1ccc2[nH]c(=O)c(CNS(=O)(=O)C3C(C)NNC3C)cc2c1. The highest BCUT2D eigenvalue weighted by molar-refractivity contribution is 7.90. The molecule has 0 aliphatic carbocycles. The molecule has 0 amide bonds. The normalized spacial score (nSPS) is 23.9. The van der Waals surface area contributed by atoms with Gasteiger partial charge in [0.05, 0.1) is 7.11 Å². The van der Waals surface area contributed by atoms with E-state index in [9.17, 15) is 13.2 Å². The zero-order chi connectivity index (χ0) is 18.2. The molecule has 1 aliphatic rings. The van der Waals surface area contributed by atoms with Crippen molar-refractivity contribution in [2.75, 3.05) is 7.11 Å². The number of hydrogen-bond donors (Lipinski definition) is 4. The fraction of sp³-hybridized carbons (Fsp3) is 0.438. The van der Waals surface area contributed by atoms with Crippen LogP contribution in [0.3, 0.4) is 0 Å². The number of ether oxygens (including phenoxy) is 1. The highest BCUT2D eigenvalue weighted by Gasteiger charge is 2.40. The molecule has 4 N–H and O–H groups in total. The fourth-order valence-corrected chi connectivity index (χ4v) is 4.92. The van der Waals surface area contributed by atoms with Crippen molar-refractivity contribution in [3.63, 3.8) is 0 Å². The third-order valence-corrected chi connectivity index (χ3v) is 6.55. The predicted octanol–water partition coefficient (Wildman–Crippen LogP) is 0.210. The van der Waals surface area contributed by atoms with Crippen LogP contribution in [0.25, 0.3) is 10.9 Å². The largest absolute Gasteiger partial charge is 0.497 e. The molecule has 2 heterocycles. The van der Waals surface area contributed by atoms with E-state index >= 15 is 0 Å². The van der Waals surface area contributed by atoms with E-state index in [2.05, 4.69) is 20.6 Å². The van der Waals surface area contributed by atoms with E-state index in [4.69, 9.17) is 4.74 Å². The summed E-state index contributed by atoms with van der Waals surface area (Å²) in [5.41, 5.74) is 6.55. The second-order valence-electron chi connectivity index (χ2n) is 6.27. The minimum absolute atomic E-state index is 0.0687. The van der Waals surface area contributed by atoms with E-state index in [1.165, 1.54) is 0 Å². The highest BCUT2D eigenvalue weighted by atomic mass is 32.2. The minimum Gasteiger partial charge on any atom is -0.497 e. The molecule has 0 radical (unpaired) electrons. The lowest BCUT2D eigenvalue weighted by molar-refractivity contribution is 0.415. The summed E-state index contributed by atoms with van der Waals surface area (Å²) in [6.45, 7) is 3.53. The number of aromatic nitrogens is 1. The molecule has 3 rings (SSSR count). The van der Waals surface area contributed by atoms with Gasteiger partial charge in [0.25, 0.3) is 5.56 Å². The van der Waals surface area contributed by atoms with Crippen LogP contribution in [0.15, 0.2) is 29.1 Å². The van der Waals surface area contributed by atoms with Crippen LogP contribution in [0.4, 0.5) is 0 Å². The number of sulfonamides is 1. The molecule has 0 saturated carbocycles. The Kier molecular flexibility index (Phi) is 4.83. The average Bonchev–Trinajstić information content (AvgIpc) is 2.92. The van der Waals surface area contributed by atoms with Crippen LogP contribution in [0, 0.1) is 0 Å². The average molecular weight is 366 g/mol. The van der Waals surface area contributed by atoms with Gasteiger partial charge in [-0.05, 0) is 38.1 Å². The number of methoxy groups -OCH3 is 1. The lowest BCUT2D eigenvalue weighted by Crippen LogP contribution is -2.44. The number of rotatable bonds is 5. The Bertz CT molecular complexity index is 931. The van der Waals surface area contributed by atoms with Gasteiger partial charge in [0, 0.05) is 35.1 Å². The van der Waals surface area contributed by atoms with E-state index in [1.807, 2.05) is 0 Å². The molecule has 1 aromatic carbocycles. The standard InChI is InChI=1S/C16H22N4O4S/c1-9-15(10(2)20-19-9)25(22,23)17-8-12-6-11-7-13(24-3)4-5-14(11)18-16(12)21/h4-7,9-10,15,17,19-20H,8H2,1-3H3,(H,18,21). The fourth-order valence-electron chi connectivity index (χ4n) is 3.16. The lowest BCUT2D eigenvalue weighted by atomic mass is 10.1. The lowest BCUT2D eigenvalue weighted by Gasteiger charge is -2.19. The minimum atomic E-state index is -3.59. The van der Waals surface area contributed by atoms with Crippen LogP contribution in [-0.4, -0.2) is 37.8 Å². The summed E-state index contributed by atoms with van der Waals surface area (Å²) in [5.74, 6) is 0.664. The van der Waals surface area contributed by atoms with Crippen molar-refractivity contribution in [2.45, 2.75) is 37.7 Å². The summed E-state index contributed by atoms with van der Waals surface area (Å²) in [6.07, 6.45) is 0. The van der Waals surface area contributed by atoms with Gasteiger partial charge >= 0.3 is 0 Å². The van der Waals surface area contributed by atoms with Gasteiger partial charge in [-0.15, -0.1) is 0 Å². The number of H-pyrrole nitrogens is 1. The Morgan fingerprint density at radius 1 is 1.16 bits per heavy atom.